The van der Waals surface area contributed by atoms with E-state index in [-0.39, 0.29) is 12.2 Å². The zero-order valence-electron chi connectivity index (χ0n) is 20.0. The molecule has 4 aromatic rings. The Kier molecular flexibility index (Phi) is 5.78. The van der Waals surface area contributed by atoms with Crippen molar-refractivity contribution in [3.8, 4) is 10.4 Å². The first-order valence-corrected chi connectivity index (χ1v) is 13.3. The van der Waals surface area contributed by atoms with E-state index in [9.17, 15) is 4.79 Å². The number of carbonyl (C=O) groups excluding carboxylic acids is 1. The molecule has 1 saturated carbocycles. The number of rotatable bonds is 6. The number of piperazine rings is 1. The largest absolute Gasteiger partial charge is 0.398 e. The summed E-state index contributed by atoms with van der Waals surface area (Å²) in [5.74, 6) is 0.632. The minimum absolute atomic E-state index is 0.0468. The third-order valence-corrected chi connectivity index (χ3v) is 8.24. The number of pyridine rings is 1. The van der Waals surface area contributed by atoms with Crippen molar-refractivity contribution in [2.45, 2.75) is 25.2 Å². The Morgan fingerprint density at radius 3 is 2.66 bits per heavy atom. The maximum atomic E-state index is 13.3. The van der Waals surface area contributed by atoms with Crippen LogP contribution in [0.15, 0.2) is 60.1 Å². The van der Waals surface area contributed by atoms with E-state index in [2.05, 4.69) is 40.4 Å². The number of nitrogen functional groups attached to an aromatic ring is 1. The van der Waals surface area contributed by atoms with E-state index in [1.807, 2.05) is 30.3 Å². The molecule has 2 fully saturated rings. The molecule has 0 bridgehead atoms. The number of hydrogen-bond acceptors (Lipinski definition) is 6. The first-order valence-electron chi connectivity index (χ1n) is 12.4. The Balaban J connectivity index is 1.30. The number of carbonyl (C=O) groups is 1. The fourth-order valence-corrected chi connectivity index (χ4v) is 5.82. The Bertz CT molecular complexity index is 1390. The SMILES string of the molecule is CN1CCN(c2ccc3cc(C(=O)Cc4cc(-c5cccs5)ccc4N)cnc3c2C2CC2)CC1. The highest BCUT2D eigenvalue weighted by Gasteiger charge is 2.31. The van der Waals surface area contributed by atoms with Gasteiger partial charge in [0.15, 0.2) is 5.78 Å². The van der Waals surface area contributed by atoms with Crippen LogP contribution in [0.3, 0.4) is 0 Å². The summed E-state index contributed by atoms with van der Waals surface area (Å²) in [6.07, 6.45) is 4.49. The molecule has 0 radical (unpaired) electrons. The molecule has 1 saturated heterocycles. The number of likely N-dealkylation sites (N-methyl/N-ethyl adjacent to an activating group) is 1. The van der Waals surface area contributed by atoms with E-state index in [1.54, 1.807) is 17.5 Å². The third kappa shape index (κ3) is 4.44. The van der Waals surface area contributed by atoms with Gasteiger partial charge in [0.2, 0.25) is 0 Å². The summed E-state index contributed by atoms with van der Waals surface area (Å²) < 4.78 is 0. The van der Waals surface area contributed by atoms with Crippen molar-refractivity contribution in [2.75, 3.05) is 43.9 Å². The van der Waals surface area contributed by atoms with Gasteiger partial charge in [-0.1, -0.05) is 18.2 Å². The van der Waals surface area contributed by atoms with Crippen molar-refractivity contribution in [1.29, 1.82) is 0 Å². The summed E-state index contributed by atoms with van der Waals surface area (Å²) in [4.78, 5) is 24.2. The van der Waals surface area contributed by atoms with Gasteiger partial charge < -0.3 is 15.5 Å². The molecule has 0 amide bonds. The van der Waals surface area contributed by atoms with Crippen LogP contribution in [0.4, 0.5) is 11.4 Å². The number of thiophene rings is 1. The number of nitrogens with zero attached hydrogens (tertiary/aromatic N) is 3. The highest BCUT2D eigenvalue weighted by molar-refractivity contribution is 7.13. The van der Waals surface area contributed by atoms with Crippen molar-refractivity contribution >= 4 is 39.4 Å². The molecule has 2 aliphatic rings. The molecule has 6 heteroatoms. The molecule has 5 nitrogen and oxygen atoms in total. The number of Topliss-reactive ketones (excluding diaryl/α,β-unsaturated/α-hetero) is 1. The van der Waals surface area contributed by atoms with Crippen LogP contribution in [-0.4, -0.2) is 48.9 Å². The van der Waals surface area contributed by atoms with E-state index < -0.39 is 0 Å². The van der Waals surface area contributed by atoms with Crippen molar-refractivity contribution in [3.05, 3.63) is 76.8 Å². The van der Waals surface area contributed by atoms with Crippen LogP contribution in [0.2, 0.25) is 0 Å². The average Bonchev–Trinajstić information content (AvgIpc) is 3.57. The quantitative estimate of drug-likeness (QED) is 0.286. The van der Waals surface area contributed by atoms with Crippen molar-refractivity contribution in [1.82, 2.24) is 9.88 Å². The van der Waals surface area contributed by atoms with Gasteiger partial charge in [-0.3, -0.25) is 9.78 Å². The van der Waals surface area contributed by atoms with E-state index in [1.165, 1.54) is 29.0 Å². The minimum atomic E-state index is 0.0468. The van der Waals surface area contributed by atoms with Gasteiger partial charge in [0, 0.05) is 71.6 Å². The predicted octanol–water partition coefficient (Wildman–Crippen LogP) is 5.60. The Hall–Kier alpha value is -3.22. The fourth-order valence-electron chi connectivity index (χ4n) is 5.09. The number of hydrogen-bond donors (Lipinski definition) is 1. The summed E-state index contributed by atoms with van der Waals surface area (Å²) >= 11 is 1.69. The summed E-state index contributed by atoms with van der Waals surface area (Å²) in [6, 6.07) is 16.5. The third-order valence-electron chi connectivity index (χ3n) is 7.32. The number of benzene rings is 2. The Labute approximate surface area is 210 Å². The number of ketones is 1. The zero-order valence-corrected chi connectivity index (χ0v) is 20.9. The molecular formula is C29H30N4OS. The average molecular weight is 483 g/mol. The van der Waals surface area contributed by atoms with Crippen LogP contribution in [0.5, 0.6) is 0 Å². The first kappa shape index (κ1) is 22.3. The van der Waals surface area contributed by atoms with Crippen LogP contribution in [0.1, 0.15) is 40.2 Å². The van der Waals surface area contributed by atoms with Gasteiger partial charge in [-0.05, 0) is 72.6 Å². The number of fused-ring (bicyclic) bond motifs is 1. The lowest BCUT2D eigenvalue weighted by Crippen LogP contribution is -2.44. The van der Waals surface area contributed by atoms with Crippen LogP contribution >= 0.6 is 11.3 Å². The van der Waals surface area contributed by atoms with Gasteiger partial charge in [-0.2, -0.15) is 0 Å². The van der Waals surface area contributed by atoms with Gasteiger partial charge in [0.05, 0.1) is 5.52 Å². The van der Waals surface area contributed by atoms with Gasteiger partial charge in [-0.15, -0.1) is 11.3 Å². The van der Waals surface area contributed by atoms with Crippen LogP contribution < -0.4 is 10.6 Å². The highest BCUT2D eigenvalue weighted by Crippen LogP contribution is 2.47. The minimum Gasteiger partial charge on any atom is -0.398 e. The van der Waals surface area contributed by atoms with E-state index in [4.69, 9.17) is 10.7 Å². The maximum Gasteiger partial charge on any atom is 0.168 e. The fraction of sp³-hybridized carbons (Fsp3) is 0.310. The maximum absolute atomic E-state index is 13.3. The van der Waals surface area contributed by atoms with Crippen LogP contribution in [0.25, 0.3) is 21.3 Å². The summed E-state index contributed by atoms with van der Waals surface area (Å²) in [5, 5.41) is 3.11. The smallest absolute Gasteiger partial charge is 0.168 e. The normalized spacial score (nSPS) is 16.7. The molecule has 178 valence electrons. The van der Waals surface area contributed by atoms with Crippen LogP contribution in [-0.2, 0) is 6.42 Å². The van der Waals surface area contributed by atoms with Crippen molar-refractivity contribution in [2.24, 2.45) is 0 Å². The van der Waals surface area contributed by atoms with E-state index in [0.717, 1.165) is 48.2 Å². The second-order valence-corrected chi connectivity index (χ2v) is 10.8. The lowest BCUT2D eigenvalue weighted by atomic mass is 9.97. The molecule has 2 N–H and O–H groups in total. The number of anilines is 2. The summed E-state index contributed by atoms with van der Waals surface area (Å²) in [6.45, 7) is 4.26. The first-order chi connectivity index (χ1) is 17.1. The lowest BCUT2D eigenvalue weighted by Gasteiger charge is -2.35. The lowest BCUT2D eigenvalue weighted by molar-refractivity contribution is 0.0993. The molecular weight excluding hydrogens is 452 g/mol. The molecule has 3 heterocycles. The Morgan fingerprint density at radius 2 is 1.91 bits per heavy atom. The molecule has 6 rings (SSSR count). The standard InChI is InChI=1S/C29H30N4OS/c1-32-10-12-33(13-11-32)25-9-7-21-16-23(18-31-29(21)28(25)19-4-5-19)26(34)17-22-15-20(6-8-24(22)30)27-3-2-14-35-27/h2-3,6-9,14-16,18-19H,4-5,10-13,17,30H2,1H3. The topological polar surface area (TPSA) is 62.5 Å². The molecule has 0 atom stereocenters. The molecule has 0 spiro atoms. The molecule has 2 aromatic carbocycles. The second kappa shape index (κ2) is 9.10. The summed E-state index contributed by atoms with van der Waals surface area (Å²) in [7, 11) is 2.19. The molecule has 0 unspecified atom stereocenters. The zero-order chi connectivity index (χ0) is 23.9. The monoisotopic (exact) mass is 482 g/mol. The molecule has 1 aliphatic carbocycles. The van der Waals surface area contributed by atoms with E-state index >= 15 is 0 Å². The molecule has 35 heavy (non-hydrogen) atoms. The highest BCUT2D eigenvalue weighted by atomic mass is 32.1. The van der Waals surface area contributed by atoms with Gasteiger partial charge in [0.25, 0.3) is 0 Å². The van der Waals surface area contributed by atoms with Gasteiger partial charge >= 0.3 is 0 Å². The number of nitrogens with two attached hydrogens (primary N) is 1. The summed E-state index contributed by atoms with van der Waals surface area (Å²) in [5.41, 5.74) is 13.3. The van der Waals surface area contributed by atoms with Crippen molar-refractivity contribution in [3.63, 3.8) is 0 Å². The number of aromatic nitrogens is 1. The molecule has 1 aliphatic heterocycles. The van der Waals surface area contributed by atoms with Crippen LogP contribution in [0, 0.1) is 0 Å². The van der Waals surface area contributed by atoms with Gasteiger partial charge in [-0.25, -0.2) is 0 Å². The molecule has 2 aromatic heterocycles. The van der Waals surface area contributed by atoms with E-state index in [0.29, 0.717) is 17.2 Å². The second-order valence-electron chi connectivity index (χ2n) is 9.85. The van der Waals surface area contributed by atoms with Gasteiger partial charge in [0.1, 0.15) is 0 Å². The predicted molar refractivity (Wildman–Crippen MR) is 146 cm³/mol. The Morgan fingerprint density at radius 1 is 1.09 bits per heavy atom. The van der Waals surface area contributed by atoms with Crippen molar-refractivity contribution < 1.29 is 4.79 Å².